The quantitative estimate of drug-likeness (QED) is 0.744. The van der Waals surface area contributed by atoms with E-state index in [-0.39, 0.29) is 11.9 Å². The SMILES string of the molecule is Cc1cccc(N(CCC#N)C(=O)CN(C)C(C)c2cccs2)c1C. The highest BCUT2D eigenvalue weighted by atomic mass is 32.1. The maximum absolute atomic E-state index is 13.0. The van der Waals surface area contributed by atoms with Crippen molar-refractivity contribution in [1.82, 2.24) is 4.90 Å². The molecule has 2 aromatic rings. The highest BCUT2D eigenvalue weighted by Gasteiger charge is 2.22. The van der Waals surface area contributed by atoms with Crippen molar-refractivity contribution in [2.75, 3.05) is 25.0 Å². The van der Waals surface area contributed by atoms with Gasteiger partial charge in [-0.2, -0.15) is 5.26 Å². The van der Waals surface area contributed by atoms with Gasteiger partial charge in [-0.15, -0.1) is 11.3 Å². The van der Waals surface area contributed by atoms with Crippen molar-refractivity contribution in [2.45, 2.75) is 33.2 Å². The van der Waals surface area contributed by atoms with Gasteiger partial charge >= 0.3 is 0 Å². The highest BCUT2D eigenvalue weighted by Crippen LogP contribution is 2.26. The maximum Gasteiger partial charge on any atom is 0.241 e. The minimum absolute atomic E-state index is 0.0230. The van der Waals surface area contributed by atoms with Gasteiger partial charge in [-0.1, -0.05) is 18.2 Å². The van der Waals surface area contributed by atoms with Crippen LogP contribution in [0.4, 0.5) is 5.69 Å². The lowest BCUT2D eigenvalue weighted by atomic mass is 10.1. The molecule has 0 saturated carbocycles. The summed E-state index contributed by atoms with van der Waals surface area (Å²) in [5, 5.41) is 11.0. The molecule has 0 bridgehead atoms. The summed E-state index contributed by atoms with van der Waals surface area (Å²) in [5.41, 5.74) is 3.13. The second-order valence-electron chi connectivity index (χ2n) is 6.28. The van der Waals surface area contributed by atoms with Gasteiger partial charge in [0, 0.05) is 23.2 Å². The average molecular weight is 356 g/mol. The number of carbonyl (C=O) groups is 1. The van der Waals surface area contributed by atoms with E-state index in [1.807, 2.05) is 45.2 Å². The van der Waals surface area contributed by atoms with Crippen molar-refractivity contribution in [1.29, 1.82) is 5.26 Å². The molecule has 132 valence electrons. The highest BCUT2D eigenvalue weighted by molar-refractivity contribution is 7.10. The zero-order valence-electron chi connectivity index (χ0n) is 15.3. The summed E-state index contributed by atoms with van der Waals surface area (Å²) in [7, 11) is 1.97. The van der Waals surface area contributed by atoms with Gasteiger partial charge in [0.1, 0.15) is 0 Å². The predicted octanol–water partition coefficient (Wildman–Crippen LogP) is 4.30. The average Bonchev–Trinajstić information content (AvgIpc) is 3.12. The normalized spacial score (nSPS) is 12.0. The number of hydrogen-bond acceptors (Lipinski definition) is 4. The topological polar surface area (TPSA) is 47.3 Å². The van der Waals surface area contributed by atoms with Gasteiger partial charge < -0.3 is 4.90 Å². The van der Waals surface area contributed by atoms with Crippen LogP contribution in [0.1, 0.15) is 35.4 Å². The van der Waals surface area contributed by atoms with E-state index in [9.17, 15) is 4.79 Å². The van der Waals surface area contributed by atoms with Crippen LogP contribution in [0.15, 0.2) is 35.7 Å². The van der Waals surface area contributed by atoms with Crippen LogP contribution in [0.2, 0.25) is 0 Å². The minimum Gasteiger partial charge on any atom is -0.310 e. The van der Waals surface area contributed by atoms with E-state index in [2.05, 4.69) is 29.3 Å². The van der Waals surface area contributed by atoms with Crippen LogP contribution in [-0.4, -0.2) is 30.9 Å². The molecule has 0 aliphatic rings. The van der Waals surface area contributed by atoms with E-state index in [0.717, 1.165) is 16.8 Å². The number of hydrogen-bond donors (Lipinski definition) is 0. The number of amides is 1. The molecule has 1 aromatic carbocycles. The molecule has 1 unspecified atom stereocenters. The summed E-state index contributed by atoms with van der Waals surface area (Å²) < 4.78 is 0. The van der Waals surface area contributed by atoms with E-state index in [1.165, 1.54) is 4.88 Å². The van der Waals surface area contributed by atoms with Crippen LogP contribution in [0, 0.1) is 25.2 Å². The van der Waals surface area contributed by atoms with Gasteiger partial charge in [0.15, 0.2) is 0 Å². The van der Waals surface area contributed by atoms with Gasteiger partial charge in [0.2, 0.25) is 5.91 Å². The van der Waals surface area contributed by atoms with Crippen LogP contribution < -0.4 is 4.90 Å². The predicted molar refractivity (Wildman–Crippen MR) is 104 cm³/mol. The number of thiophene rings is 1. The first kappa shape index (κ1) is 19.2. The lowest BCUT2D eigenvalue weighted by Gasteiger charge is -2.29. The smallest absolute Gasteiger partial charge is 0.241 e. The van der Waals surface area contributed by atoms with E-state index in [1.54, 1.807) is 16.2 Å². The van der Waals surface area contributed by atoms with E-state index >= 15 is 0 Å². The summed E-state index contributed by atoms with van der Waals surface area (Å²) in [5.74, 6) is 0.0230. The molecule has 1 aromatic heterocycles. The Kier molecular flexibility index (Phi) is 6.74. The standard InChI is InChI=1S/C20H25N3OS/c1-15-8-5-9-18(16(15)2)23(12-7-11-21)20(24)14-22(4)17(3)19-10-6-13-25-19/h5-6,8-10,13,17H,7,12,14H2,1-4H3. The second kappa shape index (κ2) is 8.80. The molecule has 0 spiro atoms. The first-order valence-corrected chi connectivity index (χ1v) is 9.30. The Morgan fingerprint density at radius 1 is 1.28 bits per heavy atom. The molecular weight excluding hydrogens is 330 g/mol. The molecule has 25 heavy (non-hydrogen) atoms. The number of benzene rings is 1. The first-order chi connectivity index (χ1) is 12.0. The van der Waals surface area contributed by atoms with Gasteiger partial charge in [-0.25, -0.2) is 0 Å². The summed E-state index contributed by atoms with van der Waals surface area (Å²) in [6.45, 7) is 6.90. The molecule has 5 heteroatoms. The Labute approximate surface area is 154 Å². The van der Waals surface area contributed by atoms with Crippen LogP contribution >= 0.6 is 11.3 Å². The first-order valence-electron chi connectivity index (χ1n) is 8.43. The monoisotopic (exact) mass is 355 g/mol. The van der Waals surface area contributed by atoms with Gasteiger partial charge in [0.05, 0.1) is 19.0 Å². The molecular formula is C20H25N3OS. The fourth-order valence-corrected chi connectivity index (χ4v) is 3.60. The van der Waals surface area contributed by atoms with Gasteiger partial charge in [-0.3, -0.25) is 9.69 Å². The van der Waals surface area contributed by atoms with Crippen molar-refractivity contribution in [2.24, 2.45) is 0 Å². The molecule has 2 rings (SSSR count). The summed E-state index contributed by atoms with van der Waals surface area (Å²) in [4.78, 5) is 18.0. The number of aryl methyl sites for hydroxylation is 1. The number of carbonyl (C=O) groups excluding carboxylic acids is 1. The number of rotatable bonds is 7. The third kappa shape index (κ3) is 4.68. The number of nitrogens with zero attached hydrogens (tertiary/aromatic N) is 3. The molecule has 1 heterocycles. The Morgan fingerprint density at radius 3 is 2.68 bits per heavy atom. The maximum atomic E-state index is 13.0. The summed E-state index contributed by atoms with van der Waals surface area (Å²) >= 11 is 1.70. The van der Waals surface area contributed by atoms with Crippen LogP contribution in [0.5, 0.6) is 0 Å². The largest absolute Gasteiger partial charge is 0.310 e. The van der Waals surface area contributed by atoms with Crippen molar-refractivity contribution in [3.8, 4) is 6.07 Å². The van der Waals surface area contributed by atoms with E-state index in [0.29, 0.717) is 19.5 Å². The molecule has 0 N–H and O–H groups in total. The number of nitriles is 1. The molecule has 4 nitrogen and oxygen atoms in total. The van der Waals surface area contributed by atoms with E-state index < -0.39 is 0 Å². The van der Waals surface area contributed by atoms with Crippen molar-refractivity contribution >= 4 is 22.9 Å². The number of likely N-dealkylation sites (N-methyl/N-ethyl adjacent to an activating group) is 1. The summed E-state index contributed by atoms with van der Waals surface area (Å²) in [6.07, 6.45) is 0.323. The molecule has 0 aliphatic carbocycles. The summed E-state index contributed by atoms with van der Waals surface area (Å²) in [6, 6.07) is 12.4. The van der Waals surface area contributed by atoms with Gasteiger partial charge in [0.25, 0.3) is 0 Å². The van der Waals surface area contributed by atoms with Crippen LogP contribution in [-0.2, 0) is 4.79 Å². The van der Waals surface area contributed by atoms with Crippen LogP contribution in [0.3, 0.4) is 0 Å². The Hall–Kier alpha value is -2.16. The number of anilines is 1. The lowest BCUT2D eigenvalue weighted by Crippen LogP contribution is -2.40. The third-order valence-corrected chi connectivity index (χ3v) is 5.66. The van der Waals surface area contributed by atoms with Crippen LogP contribution in [0.25, 0.3) is 0 Å². The van der Waals surface area contributed by atoms with Crippen molar-refractivity contribution in [3.63, 3.8) is 0 Å². The third-order valence-electron chi connectivity index (χ3n) is 4.62. The fraction of sp³-hybridized carbons (Fsp3) is 0.400. The second-order valence-corrected chi connectivity index (χ2v) is 7.26. The molecule has 1 amide bonds. The molecule has 0 aliphatic heterocycles. The Balaban J connectivity index is 2.18. The zero-order chi connectivity index (χ0) is 18.4. The lowest BCUT2D eigenvalue weighted by molar-refractivity contribution is -0.119. The molecule has 0 fully saturated rings. The Bertz CT molecular complexity index is 749. The minimum atomic E-state index is 0.0230. The Morgan fingerprint density at radius 2 is 2.04 bits per heavy atom. The molecule has 1 atom stereocenters. The van der Waals surface area contributed by atoms with Crippen molar-refractivity contribution < 1.29 is 4.79 Å². The van der Waals surface area contributed by atoms with Gasteiger partial charge in [-0.05, 0) is 56.5 Å². The fourth-order valence-electron chi connectivity index (χ4n) is 2.75. The van der Waals surface area contributed by atoms with Crippen molar-refractivity contribution in [3.05, 3.63) is 51.7 Å². The molecule has 0 saturated heterocycles. The molecule has 0 radical (unpaired) electrons. The zero-order valence-corrected chi connectivity index (χ0v) is 16.1. The van der Waals surface area contributed by atoms with E-state index in [4.69, 9.17) is 5.26 Å².